The van der Waals surface area contributed by atoms with Crippen LogP contribution in [-0.4, -0.2) is 150 Å². The first-order valence-corrected chi connectivity index (χ1v) is 13.9. The van der Waals surface area contributed by atoms with Crippen LogP contribution in [0.5, 0.6) is 0 Å². The average Bonchev–Trinajstić information content (AvgIpc) is 2.96. The van der Waals surface area contributed by atoms with Crippen LogP contribution in [0.4, 0.5) is 0 Å². The van der Waals surface area contributed by atoms with E-state index in [4.69, 9.17) is 44.9 Å². The van der Waals surface area contributed by atoms with Crippen LogP contribution in [0.15, 0.2) is 5.11 Å². The predicted molar refractivity (Wildman–Crippen MR) is 143 cm³/mol. The van der Waals surface area contributed by atoms with Crippen LogP contribution in [0.25, 0.3) is 10.4 Å². The first-order valence-electron chi connectivity index (χ1n) is 13.9. The Kier molecular flexibility index (Phi) is 25.9. The molecule has 15 nitrogen and oxygen atoms in total. The SMILES string of the molecule is [N-]=[N+]=NC(COC(CCCCC(O)CO)COCC(O)CO)COC(CCCCC(O)CO)COCC(O)CO. The minimum absolute atomic E-state index is 0.0133. The molecular formula is C25H51N3O12. The summed E-state index contributed by atoms with van der Waals surface area (Å²) in [6.45, 7) is -1.39. The summed E-state index contributed by atoms with van der Waals surface area (Å²) in [5, 5.41) is 77.7. The maximum atomic E-state index is 9.52. The Hall–Kier alpha value is -1.17. The molecule has 8 N–H and O–H groups in total. The number of nitrogens with zero attached hydrogens (tertiary/aromatic N) is 3. The molecule has 6 atom stereocenters. The lowest BCUT2D eigenvalue weighted by atomic mass is 10.1. The van der Waals surface area contributed by atoms with Gasteiger partial charge in [0.2, 0.25) is 0 Å². The minimum Gasteiger partial charge on any atom is -0.394 e. The summed E-state index contributed by atoms with van der Waals surface area (Å²) < 4.78 is 22.8. The van der Waals surface area contributed by atoms with Gasteiger partial charge in [-0.15, -0.1) is 0 Å². The van der Waals surface area contributed by atoms with Crippen molar-refractivity contribution in [3.63, 3.8) is 0 Å². The summed E-state index contributed by atoms with van der Waals surface area (Å²) in [6, 6.07) is -0.687. The quantitative estimate of drug-likeness (QED) is 0.0228. The van der Waals surface area contributed by atoms with Gasteiger partial charge in [-0.1, -0.05) is 30.8 Å². The fraction of sp³-hybridized carbons (Fsp3) is 1.00. The Bertz CT molecular complexity index is 576. The number of ether oxygens (including phenoxy) is 4. The van der Waals surface area contributed by atoms with Crippen LogP contribution in [0.1, 0.15) is 51.4 Å². The number of hydrogen-bond acceptors (Lipinski definition) is 13. The molecule has 0 aliphatic heterocycles. The van der Waals surface area contributed by atoms with Crippen LogP contribution in [0.3, 0.4) is 0 Å². The Morgan fingerprint density at radius 2 is 0.900 bits per heavy atom. The van der Waals surface area contributed by atoms with E-state index in [9.17, 15) is 20.4 Å². The van der Waals surface area contributed by atoms with Crippen molar-refractivity contribution in [3.05, 3.63) is 10.4 Å². The van der Waals surface area contributed by atoms with E-state index in [2.05, 4.69) is 10.0 Å². The van der Waals surface area contributed by atoms with E-state index in [-0.39, 0.29) is 52.9 Å². The molecule has 40 heavy (non-hydrogen) atoms. The molecule has 0 spiro atoms. The van der Waals surface area contributed by atoms with Crippen molar-refractivity contribution in [1.29, 1.82) is 0 Å². The number of aliphatic hydroxyl groups is 8. The number of aliphatic hydroxyl groups excluding tert-OH is 8. The van der Waals surface area contributed by atoms with Crippen molar-refractivity contribution >= 4 is 0 Å². The van der Waals surface area contributed by atoms with E-state index in [1.165, 1.54) is 0 Å². The first kappa shape index (κ1) is 38.8. The zero-order valence-electron chi connectivity index (χ0n) is 23.3. The van der Waals surface area contributed by atoms with Gasteiger partial charge in [0.05, 0.1) is 96.5 Å². The van der Waals surface area contributed by atoms with Gasteiger partial charge in [0.25, 0.3) is 0 Å². The highest BCUT2D eigenvalue weighted by Gasteiger charge is 2.18. The summed E-state index contributed by atoms with van der Waals surface area (Å²) >= 11 is 0. The van der Waals surface area contributed by atoms with Crippen LogP contribution in [0, 0.1) is 0 Å². The molecule has 238 valence electrons. The molecule has 0 aromatic rings. The number of hydrogen-bond donors (Lipinski definition) is 8. The molecule has 6 unspecified atom stereocenters. The molecule has 15 heteroatoms. The van der Waals surface area contributed by atoms with Crippen LogP contribution < -0.4 is 0 Å². The third-order valence-corrected chi connectivity index (χ3v) is 5.96. The molecule has 0 fully saturated rings. The monoisotopic (exact) mass is 585 g/mol. The second-order valence-corrected chi connectivity index (χ2v) is 9.76. The van der Waals surface area contributed by atoms with Crippen LogP contribution in [-0.2, 0) is 18.9 Å². The highest BCUT2D eigenvalue weighted by molar-refractivity contribution is 4.71. The maximum absolute atomic E-state index is 9.52. The second kappa shape index (κ2) is 26.7. The molecule has 0 aliphatic rings. The van der Waals surface area contributed by atoms with Gasteiger partial charge < -0.3 is 59.8 Å². The fourth-order valence-electron chi connectivity index (χ4n) is 3.57. The zero-order valence-corrected chi connectivity index (χ0v) is 23.3. The van der Waals surface area contributed by atoms with Crippen LogP contribution >= 0.6 is 0 Å². The fourth-order valence-corrected chi connectivity index (χ4v) is 3.57. The third-order valence-electron chi connectivity index (χ3n) is 5.96. The highest BCUT2D eigenvalue weighted by Crippen LogP contribution is 2.13. The molecule has 0 heterocycles. The van der Waals surface area contributed by atoms with Gasteiger partial charge in [-0.05, 0) is 31.2 Å². The van der Waals surface area contributed by atoms with Gasteiger partial charge >= 0.3 is 0 Å². The summed E-state index contributed by atoms with van der Waals surface area (Å²) in [6.07, 6.45) is 0.107. The van der Waals surface area contributed by atoms with E-state index < -0.39 is 55.9 Å². The molecule has 0 amide bonds. The second-order valence-electron chi connectivity index (χ2n) is 9.76. The lowest BCUT2D eigenvalue weighted by Gasteiger charge is -2.23. The van der Waals surface area contributed by atoms with Gasteiger partial charge in [-0.25, -0.2) is 0 Å². The van der Waals surface area contributed by atoms with Gasteiger partial charge in [0.1, 0.15) is 12.2 Å². The first-order chi connectivity index (χ1) is 19.3. The molecule has 0 saturated heterocycles. The zero-order chi connectivity index (χ0) is 30.0. The Morgan fingerprint density at radius 1 is 0.525 bits per heavy atom. The Labute approximate surface area is 235 Å². The Balaban J connectivity index is 4.94. The van der Waals surface area contributed by atoms with Crippen molar-refractivity contribution in [2.75, 3.05) is 66.1 Å². The van der Waals surface area contributed by atoms with Crippen molar-refractivity contribution in [2.24, 2.45) is 5.11 Å². The van der Waals surface area contributed by atoms with Gasteiger partial charge in [-0.2, -0.15) is 0 Å². The summed E-state index contributed by atoms with van der Waals surface area (Å²) in [5.74, 6) is 0. The lowest BCUT2D eigenvalue weighted by molar-refractivity contribution is -0.0718. The number of unbranched alkanes of at least 4 members (excludes halogenated alkanes) is 2. The molecule has 0 bridgehead atoms. The van der Waals surface area contributed by atoms with E-state index >= 15 is 0 Å². The van der Waals surface area contributed by atoms with Gasteiger partial charge in [0.15, 0.2) is 0 Å². The smallest absolute Gasteiger partial charge is 0.100 e. The normalized spacial score (nSPS) is 17.0. The number of rotatable bonds is 29. The van der Waals surface area contributed by atoms with Crippen molar-refractivity contribution in [2.45, 2.75) is 94.0 Å². The van der Waals surface area contributed by atoms with Crippen LogP contribution in [0.2, 0.25) is 0 Å². The van der Waals surface area contributed by atoms with Crippen molar-refractivity contribution in [1.82, 2.24) is 0 Å². The Morgan fingerprint density at radius 3 is 1.25 bits per heavy atom. The largest absolute Gasteiger partial charge is 0.394 e. The van der Waals surface area contributed by atoms with Crippen molar-refractivity contribution < 1.29 is 59.8 Å². The average molecular weight is 586 g/mol. The standard InChI is InChI=1S/C25H51N3O12/c26-28-27-19(13-39-24(17-37-15-22(35)11-31)7-3-1-5-20(33)9-29)14-40-25(18-38-16-23(36)12-32)8-4-2-6-21(34)10-30/h19-25,29-36H,1-18H2. The molecule has 0 aromatic heterocycles. The van der Waals surface area contributed by atoms with Gasteiger partial charge in [0, 0.05) is 4.91 Å². The molecule has 0 radical (unpaired) electrons. The third kappa shape index (κ3) is 22.5. The van der Waals surface area contributed by atoms with E-state index in [1.54, 1.807) is 0 Å². The summed E-state index contributed by atoms with van der Waals surface area (Å²) in [4.78, 5) is 2.87. The van der Waals surface area contributed by atoms with Crippen molar-refractivity contribution in [3.8, 4) is 0 Å². The van der Waals surface area contributed by atoms with Gasteiger partial charge in [-0.3, -0.25) is 0 Å². The molecule has 0 rings (SSSR count). The maximum Gasteiger partial charge on any atom is 0.100 e. The predicted octanol–water partition coefficient (Wildman–Crippen LogP) is -0.997. The van der Waals surface area contributed by atoms with E-state index in [1.807, 2.05) is 0 Å². The summed E-state index contributed by atoms with van der Waals surface area (Å²) in [7, 11) is 0. The molecular weight excluding hydrogens is 534 g/mol. The lowest BCUT2D eigenvalue weighted by Crippen LogP contribution is -2.31. The van der Waals surface area contributed by atoms with E-state index in [0.717, 1.165) is 0 Å². The minimum atomic E-state index is -1.02. The van der Waals surface area contributed by atoms with E-state index in [0.29, 0.717) is 51.4 Å². The molecule has 0 aromatic carbocycles. The topological polar surface area (TPSA) is 248 Å². The molecule has 0 saturated carbocycles. The highest BCUT2D eigenvalue weighted by atomic mass is 16.5. The number of azide groups is 1. The molecule has 0 aliphatic carbocycles. The summed E-state index contributed by atoms with van der Waals surface area (Å²) in [5.41, 5.74) is 9.03.